The van der Waals surface area contributed by atoms with Gasteiger partial charge < -0.3 is 24.8 Å². The van der Waals surface area contributed by atoms with Crippen molar-refractivity contribution < 1.29 is 19.0 Å². The van der Waals surface area contributed by atoms with Crippen LogP contribution >= 0.6 is 0 Å². The van der Waals surface area contributed by atoms with Gasteiger partial charge in [0.25, 0.3) is 0 Å². The van der Waals surface area contributed by atoms with Gasteiger partial charge in [-0.15, -0.1) is 0 Å². The largest absolute Gasteiger partial charge is 0.497 e. The zero-order chi connectivity index (χ0) is 18.2. The average Bonchev–Trinajstić information content (AvgIpc) is 2.59. The van der Waals surface area contributed by atoms with Gasteiger partial charge in [-0.1, -0.05) is 6.07 Å². The minimum Gasteiger partial charge on any atom is -0.497 e. The molecule has 0 radical (unpaired) electrons. The minimum absolute atomic E-state index is 0.0770. The molecule has 0 aromatic heterocycles. The van der Waals surface area contributed by atoms with Crippen molar-refractivity contribution in [2.24, 2.45) is 0 Å². The molecule has 0 saturated carbocycles. The topological polar surface area (TPSA) is 68.8 Å². The highest BCUT2D eigenvalue weighted by Crippen LogP contribution is 2.28. The molecular formula is C19H24N2O4. The molecule has 0 aliphatic rings. The summed E-state index contributed by atoms with van der Waals surface area (Å²) >= 11 is 0. The summed E-state index contributed by atoms with van der Waals surface area (Å²) < 4.78 is 16.1. The fourth-order valence-corrected chi connectivity index (χ4v) is 2.25. The maximum atomic E-state index is 12.2. The molecule has 0 heterocycles. The van der Waals surface area contributed by atoms with E-state index in [4.69, 9.17) is 14.2 Å². The van der Waals surface area contributed by atoms with Crippen LogP contribution in [0, 0.1) is 0 Å². The van der Waals surface area contributed by atoms with Crippen LogP contribution in [0.3, 0.4) is 0 Å². The Labute approximate surface area is 148 Å². The predicted octanol–water partition coefficient (Wildman–Crippen LogP) is 3.54. The van der Waals surface area contributed by atoms with Gasteiger partial charge in [-0.05, 0) is 38.1 Å². The van der Waals surface area contributed by atoms with E-state index in [1.165, 1.54) is 0 Å². The summed E-state index contributed by atoms with van der Waals surface area (Å²) in [6.45, 7) is 4.01. The van der Waals surface area contributed by atoms with Gasteiger partial charge in [-0.25, -0.2) is 0 Å². The van der Waals surface area contributed by atoms with Crippen LogP contribution < -0.4 is 24.8 Å². The maximum absolute atomic E-state index is 12.2. The van der Waals surface area contributed by atoms with E-state index in [-0.39, 0.29) is 18.6 Å². The van der Waals surface area contributed by atoms with Gasteiger partial charge in [0, 0.05) is 17.8 Å². The fourth-order valence-electron chi connectivity index (χ4n) is 2.25. The molecule has 2 aromatic carbocycles. The Morgan fingerprint density at radius 3 is 2.52 bits per heavy atom. The second-order valence-corrected chi connectivity index (χ2v) is 5.66. The first kappa shape index (κ1) is 18.4. The van der Waals surface area contributed by atoms with Gasteiger partial charge in [0.15, 0.2) is 0 Å². The van der Waals surface area contributed by atoms with Crippen molar-refractivity contribution >= 4 is 17.3 Å². The van der Waals surface area contributed by atoms with Crippen LogP contribution in [0.4, 0.5) is 11.4 Å². The molecule has 0 fully saturated rings. The van der Waals surface area contributed by atoms with Gasteiger partial charge in [0.2, 0.25) is 5.91 Å². The molecule has 6 nitrogen and oxygen atoms in total. The fraction of sp³-hybridized carbons (Fsp3) is 0.316. The van der Waals surface area contributed by atoms with Crippen LogP contribution in [-0.4, -0.2) is 32.8 Å². The first-order valence-electron chi connectivity index (χ1n) is 8.04. The van der Waals surface area contributed by atoms with Crippen molar-refractivity contribution in [3.8, 4) is 17.2 Å². The highest BCUT2D eigenvalue weighted by atomic mass is 16.5. The second kappa shape index (κ2) is 8.82. The number of amides is 1. The molecule has 2 N–H and O–H groups in total. The smallest absolute Gasteiger partial charge is 0.243 e. The molecule has 0 bridgehead atoms. The Bertz CT molecular complexity index is 716. The van der Waals surface area contributed by atoms with Gasteiger partial charge >= 0.3 is 0 Å². The zero-order valence-corrected chi connectivity index (χ0v) is 15.0. The SMILES string of the molecule is COc1ccc(OC)c(NCC(=O)Nc2cccc(OC(C)C)c2)c1. The number of hydrogen-bond acceptors (Lipinski definition) is 5. The number of benzene rings is 2. The third-order valence-corrected chi connectivity index (χ3v) is 3.34. The lowest BCUT2D eigenvalue weighted by Crippen LogP contribution is -2.22. The van der Waals surface area contributed by atoms with Crippen LogP contribution in [0.1, 0.15) is 13.8 Å². The molecule has 0 aliphatic carbocycles. The molecule has 0 atom stereocenters. The van der Waals surface area contributed by atoms with Crippen LogP contribution in [0.2, 0.25) is 0 Å². The molecule has 134 valence electrons. The van der Waals surface area contributed by atoms with E-state index in [0.717, 1.165) is 5.75 Å². The first-order valence-corrected chi connectivity index (χ1v) is 8.04. The highest BCUT2D eigenvalue weighted by Gasteiger charge is 2.08. The molecule has 0 spiro atoms. The predicted molar refractivity (Wildman–Crippen MR) is 98.9 cm³/mol. The summed E-state index contributed by atoms with van der Waals surface area (Å²) in [5.41, 5.74) is 1.37. The number of carbonyl (C=O) groups excluding carboxylic acids is 1. The van der Waals surface area contributed by atoms with Gasteiger partial charge in [0.1, 0.15) is 17.2 Å². The van der Waals surface area contributed by atoms with E-state index in [2.05, 4.69) is 10.6 Å². The summed E-state index contributed by atoms with van der Waals surface area (Å²) in [5, 5.41) is 5.90. The Morgan fingerprint density at radius 1 is 1.04 bits per heavy atom. The molecule has 2 rings (SSSR count). The number of anilines is 2. The van der Waals surface area contributed by atoms with E-state index in [0.29, 0.717) is 22.9 Å². The number of carbonyl (C=O) groups is 1. The lowest BCUT2D eigenvalue weighted by molar-refractivity contribution is -0.114. The number of hydrogen-bond donors (Lipinski definition) is 2. The van der Waals surface area contributed by atoms with Crippen molar-refractivity contribution in [1.29, 1.82) is 0 Å². The van der Waals surface area contributed by atoms with Crippen molar-refractivity contribution in [3.63, 3.8) is 0 Å². The Morgan fingerprint density at radius 2 is 1.84 bits per heavy atom. The number of nitrogens with one attached hydrogen (secondary N) is 2. The molecule has 2 aromatic rings. The second-order valence-electron chi connectivity index (χ2n) is 5.66. The Kier molecular flexibility index (Phi) is 6.51. The molecule has 0 aliphatic heterocycles. The van der Waals surface area contributed by atoms with Gasteiger partial charge in [-0.3, -0.25) is 4.79 Å². The van der Waals surface area contributed by atoms with Crippen LogP contribution in [-0.2, 0) is 4.79 Å². The summed E-state index contributed by atoms with van der Waals surface area (Å²) in [7, 11) is 3.16. The molecule has 6 heteroatoms. The van der Waals surface area contributed by atoms with Gasteiger partial charge in [0.05, 0.1) is 32.6 Å². The zero-order valence-electron chi connectivity index (χ0n) is 15.0. The van der Waals surface area contributed by atoms with E-state index in [9.17, 15) is 4.79 Å². The van der Waals surface area contributed by atoms with E-state index in [1.54, 1.807) is 38.5 Å². The van der Waals surface area contributed by atoms with E-state index in [1.807, 2.05) is 32.0 Å². The number of rotatable bonds is 8. The van der Waals surface area contributed by atoms with E-state index >= 15 is 0 Å². The summed E-state index contributed by atoms with van der Waals surface area (Å²) in [4.78, 5) is 12.2. The van der Waals surface area contributed by atoms with E-state index < -0.39 is 0 Å². The van der Waals surface area contributed by atoms with Crippen molar-refractivity contribution in [2.45, 2.75) is 20.0 Å². The van der Waals surface area contributed by atoms with Crippen molar-refractivity contribution in [3.05, 3.63) is 42.5 Å². The average molecular weight is 344 g/mol. The quantitative estimate of drug-likeness (QED) is 0.766. The Hall–Kier alpha value is -2.89. The van der Waals surface area contributed by atoms with Crippen LogP contribution in [0.5, 0.6) is 17.2 Å². The standard InChI is InChI=1S/C19H24N2O4/c1-13(2)25-16-7-5-6-14(10-16)21-19(22)12-20-17-11-15(23-3)8-9-18(17)24-4/h5-11,13,20H,12H2,1-4H3,(H,21,22). The molecule has 25 heavy (non-hydrogen) atoms. The Balaban J connectivity index is 1.97. The monoisotopic (exact) mass is 344 g/mol. The van der Waals surface area contributed by atoms with Crippen molar-refractivity contribution in [1.82, 2.24) is 0 Å². The molecular weight excluding hydrogens is 320 g/mol. The maximum Gasteiger partial charge on any atom is 0.243 e. The molecule has 0 saturated heterocycles. The summed E-state index contributed by atoms with van der Waals surface area (Å²) in [6, 6.07) is 12.7. The third-order valence-electron chi connectivity index (χ3n) is 3.34. The van der Waals surface area contributed by atoms with Crippen LogP contribution in [0.15, 0.2) is 42.5 Å². The number of ether oxygens (including phenoxy) is 3. The highest BCUT2D eigenvalue weighted by molar-refractivity contribution is 5.94. The molecule has 1 amide bonds. The molecule has 0 unspecified atom stereocenters. The lowest BCUT2D eigenvalue weighted by atomic mass is 10.2. The lowest BCUT2D eigenvalue weighted by Gasteiger charge is -2.13. The van der Waals surface area contributed by atoms with Gasteiger partial charge in [-0.2, -0.15) is 0 Å². The normalized spacial score (nSPS) is 10.3. The minimum atomic E-state index is -0.174. The third kappa shape index (κ3) is 5.60. The summed E-state index contributed by atoms with van der Waals surface area (Å²) in [5.74, 6) is 1.87. The number of methoxy groups -OCH3 is 2. The summed E-state index contributed by atoms with van der Waals surface area (Å²) in [6.07, 6.45) is 0.0770. The van der Waals surface area contributed by atoms with Crippen LogP contribution in [0.25, 0.3) is 0 Å². The van der Waals surface area contributed by atoms with Crippen molar-refractivity contribution in [2.75, 3.05) is 31.4 Å². The first-order chi connectivity index (χ1) is 12.0.